The van der Waals surface area contributed by atoms with Crippen molar-refractivity contribution in [3.05, 3.63) is 53.6 Å². The standard InChI is InChI=1S/C24H28N2O4S/c1-29-20-8-7-16(13-21(20)30-2)9-11-26-15-17(14-23(26)27)24(28)25-19-10-12-31-22-6-4-3-5-18(19)22/h3-8,13,17,19H,9-12,14-15H2,1-2H3,(H,25,28)/t17-,19-/m0/s1. The van der Waals surface area contributed by atoms with Gasteiger partial charge in [0.15, 0.2) is 11.5 Å². The summed E-state index contributed by atoms with van der Waals surface area (Å²) in [6.07, 6.45) is 1.89. The molecule has 0 bridgehead atoms. The molecule has 4 rings (SSSR count). The average Bonchev–Trinajstić information content (AvgIpc) is 3.18. The van der Waals surface area contributed by atoms with Gasteiger partial charge in [-0.3, -0.25) is 9.59 Å². The SMILES string of the molecule is COc1ccc(CCN2C[C@@H](C(=O)N[C@H]3CCSc4ccccc43)CC2=O)cc1OC. The zero-order chi connectivity index (χ0) is 21.8. The number of likely N-dealkylation sites (tertiary alicyclic amines) is 1. The van der Waals surface area contributed by atoms with Crippen LogP contribution in [-0.2, 0) is 16.0 Å². The van der Waals surface area contributed by atoms with Gasteiger partial charge in [-0.15, -0.1) is 11.8 Å². The summed E-state index contributed by atoms with van der Waals surface area (Å²) in [5, 5.41) is 3.20. The van der Waals surface area contributed by atoms with Crippen LogP contribution in [0, 0.1) is 5.92 Å². The van der Waals surface area contributed by atoms with Crippen LogP contribution in [-0.4, -0.2) is 49.8 Å². The number of hydrogen-bond acceptors (Lipinski definition) is 5. The molecule has 1 N–H and O–H groups in total. The van der Waals surface area contributed by atoms with E-state index in [0.717, 1.165) is 17.7 Å². The molecular weight excluding hydrogens is 412 g/mol. The lowest BCUT2D eigenvalue weighted by Gasteiger charge is -2.27. The molecule has 2 aliphatic heterocycles. The van der Waals surface area contributed by atoms with Gasteiger partial charge in [0.25, 0.3) is 0 Å². The largest absolute Gasteiger partial charge is 0.493 e. The van der Waals surface area contributed by atoms with E-state index < -0.39 is 0 Å². The van der Waals surface area contributed by atoms with Crippen LogP contribution >= 0.6 is 11.8 Å². The number of rotatable bonds is 7. The van der Waals surface area contributed by atoms with Gasteiger partial charge in [-0.1, -0.05) is 24.3 Å². The molecule has 1 fully saturated rings. The summed E-state index contributed by atoms with van der Waals surface area (Å²) in [5.41, 5.74) is 2.25. The first-order chi connectivity index (χ1) is 15.1. The molecule has 0 spiro atoms. The predicted octanol–water partition coefficient (Wildman–Crippen LogP) is 3.45. The van der Waals surface area contributed by atoms with E-state index in [1.807, 2.05) is 42.1 Å². The molecule has 164 valence electrons. The van der Waals surface area contributed by atoms with Crippen molar-refractivity contribution in [1.82, 2.24) is 10.2 Å². The fourth-order valence-corrected chi connectivity index (χ4v) is 5.37. The third-order valence-corrected chi connectivity index (χ3v) is 7.10. The molecule has 0 aromatic heterocycles. The van der Waals surface area contributed by atoms with Crippen molar-refractivity contribution in [2.75, 3.05) is 33.1 Å². The smallest absolute Gasteiger partial charge is 0.225 e. The molecule has 1 saturated heterocycles. The highest BCUT2D eigenvalue weighted by atomic mass is 32.2. The van der Waals surface area contributed by atoms with Crippen molar-refractivity contribution in [2.24, 2.45) is 5.92 Å². The van der Waals surface area contributed by atoms with Crippen molar-refractivity contribution >= 4 is 23.6 Å². The minimum Gasteiger partial charge on any atom is -0.493 e. The van der Waals surface area contributed by atoms with Crippen LogP contribution < -0.4 is 14.8 Å². The van der Waals surface area contributed by atoms with Crippen molar-refractivity contribution in [3.8, 4) is 11.5 Å². The molecular formula is C24H28N2O4S. The number of ether oxygens (including phenoxy) is 2. The average molecular weight is 441 g/mol. The van der Waals surface area contributed by atoms with E-state index in [1.54, 1.807) is 19.1 Å². The van der Waals surface area contributed by atoms with Crippen LogP contribution in [0.25, 0.3) is 0 Å². The minimum atomic E-state index is -0.292. The number of nitrogens with one attached hydrogen (secondary N) is 1. The van der Waals surface area contributed by atoms with Crippen molar-refractivity contribution in [1.29, 1.82) is 0 Å². The molecule has 0 unspecified atom stereocenters. The Morgan fingerprint density at radius 1 is 1.16 bits per heavy atom. The number of methoxy groups -OCH3 is 2. The van der Waals surface area contributed by atoms with Crippen LogP contribution in [0.3, 0.4) is 0 Å². The highest BCUT2D eigenvalue weighted by Crippen LogP contribution is 2.36. The Hall–Kier alpha value is -2.67. The number of carbonyl (C=O) groups is 2. The summed E-state index contributed by atoms with van der Waals surface area (Å²) in [7, 11) is 3.22. The Bertz CT molecular complexity index is 964. The topological polar surface area (TPSA) is 67.9 Å². The quantitative estimate of drug-likeness (QED) is 0.714. The highest BCUT2D eigenvalue weighted by molar-refractivity contribution is 7.99. The molecule has 2 heterocycles. The third-order valence-electron chi connectivity index (χ3n) is 5.98. The maximum atomic E-state index is 12.9. The van der Waals surface area contributed by atoms with Crippen LogP contribution in [0.15, 0.2) is 47.4 Å². The highest BCUT2D eigenvalue weighted by Gasteiger charge is 2.35. The van der Waals surface area contributed by atoms with Crippen LogP contribution in [0.4, 0.5) is 0 Å². The molecule has 2 aliphatic rings. The first kappa shape index (κ1) is 21.6. The number of hydrogen-bond donors (Lipinski definition) is 1. The van der Waals surface area contributed by atoms with E-state index in [4.69, 9.17) is 9.47 Å². The lowest BCUT2D eigenvalue weighted by atomic mass is 10.0. The van der Waals surface area contributed by atoms with E-state index in [1.165, 1.54) is 10.5 Å². The summed E-state index contributed by atoms with van der Waals surface area (Å²) in [5.74, 6) is 2.08. The normalized spacial score (nSPS) is 20.3. The van der Waals surface area contributed by atoms with Gasteiger partial charge in [0, 0.05) is 30.2 Å². The van der Waals surface area contributed by atoms with Crippen LogP contribution in [0.2, 0.25) is 0 Å². The summed E-state index contributed by atoms with van der Waals surface area (Å²) in [4.78, 5) is 28.5. The lowest BCUT2D eigenvalue weighted by Crippen LogP contribution is -2.37. The van der Waals surface area contributed by atoms with Crippen LogP contribution in [0.1, 0.15) is 30.0 Å². The van der Waals surface area contributed by atoms with Gasteiger partial charge >= 0.3 is 0 Å². The Kier molecular flexibility index (Phi) is 6.70. The molecule has 0 radical (unpaired) electrons. The van der Waals surface area contributed by atoms with Gasteiger partial charge in [0.2, 0.25) is 11.8 Å². The Morgan fingerprint density at radius 2 is 1.97 bits per heavy atom. The number of fused-ring (bicyclic) bond motifs is 1. The molecule has 2 aromatic rings. The molecule has 6 nitrogen and oxygen atoms in total. The number of amides is 2. The summed E-state index contributed by atoms with van der Waals surface area (Å²) < 4.78 is 10.6. The van der Waals surface area contributed by atoms with Crippen molar-refractivity contribution < 1.29 is 19.1 Å². The number of nitrogens with zero attached hydrogens (tertiary/aromatic N) is 1. The molecule has 2 amide bonds. The second-order valence-electron chi connectivity index (χ2n) is 7.92. The number of carbonyl (C=O) groups excluding carboxylic acids is 2. The van der Waals surface area contributed by atoms with Crippen LogP contribution in [0.5, 0.6) is 11.5 Å². The fraction of sp³-hybridized carbons (Fsp3) is 0.417. The summed E-state index contributed by atoms with van der Waals surface area (Å²) >= 11 is 1.83. The van der Waals surface area contributed by atoms with Gasteiger partial charge in [-0.2, -0.15) is 0 Å². The number of thioether (sulfide) groups is 1. The van der Waals surface area contributed by atoms with Gasteiger partial charge in [0.05, 0.1) is 26.2 Å². The molecule has 31 heavy (non-hydrogen) atoms. The van der Waals surface area contributed by atoms with E-state index in [0.29, 0.717) is 31.0 Å². The van der Waals surface area contributed by atoms with E-state index in [-0.39, 0.29) is 30.2 Å². The Morgan fingerprint density at radius 3 is 2.77 bits per heavy atom. The van der Waals surface area contributed by atoms with Gasteiger partial charge in [-0.05, 0) is 42.2 Å². The second-order valence-corrected chi connectivity index (χ2v) is 9.05. The first-order valence-corrected chi connectivity index (χ1v) is 11.6. The predicted molar refractivity (Wildman–Crippen MR) is 121 cm³/mol. The second kappa shape index (κ2) is 9.64. The van der Waals surface area contributed by atoms with Gasteiger partial charge in [0.1, 0.15) is 0 Å². The molecule has 0 saturated carbocycles. The van der Waals surface area contributed by atoms with Crippen molar-refractivity contribution in [3.63, 3.8) is 0 Å². The first-order valence-electron chi connectivity index (χ1n) is 10.6. The Balaban J connectivity index is 1.34. The summed E-state index contributed by atoms with van der Waals surface area (Å²) in [6, 6.07) is 14.0. The maximum Gasteiger partial charge on any atom is 0.225 e. The van der Waals surface area contributed by atoms with E-state index in [9.17, 15) is 9.59 Å². The molecule has 7 heteroatoms. The monoisotopic (exact) mass is 440 g/mol. The van der Waals surface area contributed by atoms with E-state index in [2.05, 4.69) is 17.4 Å². The fourth-order valence-electron chi connectivity index (χ4n) is 4.25. The minimum absolute atomic E-state index is 0.0198. The van der Waals surface area contributed by atoms with Crippen molar-refractivity contribution in [2.45, 2.75) is 30.2 Å². The molecule has 2 atom stereocenters. The molecule has 0 aliphatic carbocycles. The lowest BCUT2D eigenvalue weighted by molar-refractivity contribution is -0.129. The van der Waals surface area contributed by atoms with E-state index >= 15 is 0 Å². The third kappa shape index (κ3) is 4.82. The number of benzene rings is 2. The van der Waals surface area contributed by atoms with Gasteiger partial charge < -0.3 is 19.7 Å². The Labute approximate surface area is 187 Å². The van der Waals surface area contributed by atoms with Gasteiger partial charge in [-0.25, -0.2) is 0 Å². The zero-order valence-corrected chi connectivity index (χ0v) is 18.7. The molecule has 2 aromatic carbocycles. The zero-order valence-electron chi connectivity index (χ0n) is 17.9. The summed E-state index contributed by atoms with van der Waals surface area (Å²) in [6.45, 7) is 1.06. The maximum absolute atomic E-state index is 12.9.